The molecule has 0 fully saturated rings. The van der Waals surface area contributed by atoms with Crippen molar-refractivity contribution in [3.05, 3.63) is 65.0 Å². The molecule has 9 heteroatoms. The number of nitrogens with zero attached hydrogens (tertiary/aromatic N) is 2. The Labute approximate surface area is 165 Å². The summed E-state index contributed by atoms with van der Waals surface area (Å²) in [5, 5.41) is 6.83. The fraction of sp³-hybridized carbons (Fsp3) is 0.158. The second-order valence-corrected chi connectivity index (χ2v) is 6.03. The van der Waals surface area contributed by atoms with Gasteiger partial charge in [-0.15, -0.1) is 0 Å². The first-order chi connectivity index (χ1) is 13.5. The Morgan fingerprint density at radius 2 is 1.96 bits per heavy atom. The summed E-state index contributed by atoms with van der Waals surface area (Å²) in [4.78, 5) is 27.9. The summed E-state index contributed by atoms with van der Waals surface area (Å²) >= 11 is 5.77. The molecule has 1 heterocycles. The highest BCUT2D eigenvalue weighted by Crippen LogP contribution is 2.21. The van der Waals surface area contributed by atoms with Crippen LogP contribution in [0.15, 0.2) is 53.1 Å². The van der Waals surface area contributed by atoms with Gasteiger partial charge >= 0.3 is 5.97 Å². The number of hydrogen-bond donors (Lipinski definition) is 1. The van der Waals surface area contributed by atoms with Crippen molar-refractivity contribution in [3.63, 3.8) is 0 Å². The fourth-order valence-electron chi connectivity index (χ4n) is 2.24. The first kappa shape index (κ1) is 19.4. The molecule has 1 amide bonds. The van der Waals surface area contributed by atoms with Crippen molar-refractivity contribution in [1.29, 1.82) is 0 Å². The topological polar surface area (TPSA) is 104 Å². The number of ether oxygens (including phenoxy) is 2. The highest BCUT2D eigenvalue weighted by atomic mass is 35.5. The van der Waals surface area contributed by atoms with Gasteiger partial charge in [0, 0.05) is 16.1 Å². The molecule has 0 aliphatic carbocycles. The summed E-state index contributed by atoms with van der Waals surface area (Å²) < 4.78 is 15.3. The van der Waals surface area contributed by atoms with Gasteiger partial charge in [0.1, 0.15) is 12.3 Å². The second kappa shape index (κ2) is 9.01. The first-order valence-corrected chi connectivity index (χ1v) is 8.59. The van der Waals surface area contributed by atoms with Crippen LogP contribution in [0.2, 0.25) is 5.02 Å². The zero-order chi connectivity index (χ0) is 19.9. The summed E-state index contributed by atoms with van der Waals surface area (Å²) in [5.74, 6) is 0.0954. The van der Waals surface area contributed by atoms with Crippen molar-refractivity contribution in [2.75, 3.05) is 13.7 Å². The Hall–Kier alpha value is -3.39. The lowest BCUT2D eigenvalue weighted by Gasteiger charge is -2.05. The van der Waals surface area contributed by atoms with Crippen molar-refractivity contribution in [3.8, 4) is 17.1 Å². The molecule has 0 radical (unpaired) electrons. The fourth-order valence-corrected chi connectivity index (χ4v) is 2.37. The van der Waals surface area contributed by atoms with Crippen LogP contribution in [0, 0.1) is 0 Å². The Bertz CT molecular complexity index is 972. The summed E-state index contributed by atoms with van der Waals surface area (Å²) in [6.45, 7) is -0.495. The van der Waals surface area contributed by atoms with Crippen LogP contribution in [0.5, 0.6) is 5.75 Å². The minimum absolute atomic E-state index is 0.134. The van der Waals surface area contributed by atoms with E-state index < -0.39 is 11.9 Å². The molecule has 0 saturated carbocycles. The Balaban J connectivity index is 1.49. The number of carbonyl (C=O) groups excluding carboxylic acids is 2. The Morgan fingerprint density at radius 1 is 1.18 bits per heavy atom. The zero-order valence-electron chi connectivity index (χ0n) is 14.8. The monoisotopic (exact) mass is 401 g/mol. The van der Waals surface area contributed by atoms with Gasteiger partial charge in [-0.25, -0.2) is 0 Å². The SMILES string of the molecule is COc1cccc(-c2noc(COC(=O)CNC(=O)c3ccc(Cl)cc3)n2)c1. The maximum Gasteiger partial charge on any atom is 0.325 e. The third-order valence-electron chi connectivity index (χ3n) is 3.65. The molecule has 0 atom stereocenters. The normalized spacial score (nSPS) is 10.4. The van der Waals surface area contributed by atoms with Crippen molar-refractivity contribution in [2.45, 2.75) is 6.61 Å². The van der Waals surface area contributed by atoms with E-state index in [4.69, 9.17) is 25.6 Å². The van der Waals surface area contributed by atoms with Gasteiger partial charge in [0.05, 0.1) is 7.11 Å². The van der Waals surface area contributed by atoms with Crippen LogP contribution in [0.1, 0.15) is 16.2 Å². The number of amides is 1. The van der Waals surface area contributed by atoms with E-state index in [2.05, 4.69) is 15.5 Å². The molecule has 0 bridgehead atoms. The molecule has 3 aromatic rings. The van der Waals surface area contributed by atoms with E-state index in [1.54, 1.807) is 55.6 Å². The van der Waals surface area contributed by atoms with E-state index >= 15 is 0 Å². The molecule has 0 aliphatic rings. The molecule has 0 aliphatic heterocycles. The number of esters is 1. The van der Waals surface area contributed by atoms with Crippen LogP contribution in [0.25, 0.3) is 11.4 Å². The summed E-state index contributed by atoms with van der Waals surface area (Å²) in [6, 6.07) is 13.4. The highest BCUT2D eigenvalue weighted by Gasteiger charge is 2.13. The van der Waals surface area contributed by atoms with Crippen LogP contribution in [-0.2, 0) is 16.1 Å². The smallest absolute Gasteiger partial charge is 0.325 e. The van der Waals surface area contributed by atoms with E-state index in [0.29, 0.717) is 27.7 Å². The number of methoxy groups -OCH3 is 1. The largest absolute Gasteiger partial charge is 0.497 e. The van der Waals surface area contributed by atoms with E-state index in [1.807, 2.05) is 0 Å². The van der Waals surface area contributed by atoms with Gasteiger partial charge in [0.25, 0.3) is 11.8 Å². The Kier molecular flexibility index (Phi) is 6.23. The van der Waals surface area contributed by atoms with Crippen molar-refractivity contribution >= 4 is 23.5 Å². The van der Waals surface area contributed by atoms with Gasteiger partial charge in [0.2, 0.25) is 5.82 Å². The zero-order valence-corrected chi connectivity index (χ0v) is 15.6. The number of nitrogens with one attached hydrogen (secondary N) is 1. The molecule has 1 N–H and O–H groups in total. The average molecular weight is 402 g/mol. The molecule has 0 unspecified atom stereocenters. The minimum atomic E-state index is -0.636. The number of carbonyl (C=O) groups is 2. The van der Waals surface area contributed by atoms with Crippen molar-refractivity contribution in [1.82, 2.24) is 15.5 Å². The Morgan fingerprint density at radius 3 is 2.71 bits per heavy atom. The molecule has 1 aromatic heterocycles. The molecule has 28 heavy (non-hydrogen) atoms. The molecular weight excluding hydrogens is 386 g/mol. The summed E-state index contributed by atoms with van der Waals surface area (Å²) in [7, 11) is 1.56. The van der Waals surface area contributed by atoms with Crippen LogP contribution in [-0.4, -0.2) is 35.7 Å². The second-order valence-electron chi connectivity index (χ2n) is 5.59. The van der Waals surface area contributed by atoms with Gasteiger partial charge < -0.3 is 19.3 Å². The van der Waals surface area contributed by atoms with Gasteiger partial charge in [-0.1, -0.05) is 28.9 Å². The third-order valence-corrected chi connectivity index (χ3v) is 3.90. The minimum Gasteiger partial charge on any atom is -0.497 e. The molecular formula is C19H16ClN3O5. The number of hydrogen-bond acceptors (Lipinski definition) is 7. The molecule has 2 aromatic carbocycles. The standard InChI is InChI=1S/C19H16ClN3O5/c1-26-15-4-2-3-13(9-15)18-22-16(28-23-18)11-27-17(24)10-21-19(25)12-5-7-14(20)8-6-12/h2-9H,10-11H2,1H3,(H,21,25). The van der Waals surface area contributed by atoms with Gasteiger partial charge in [-0.3, -0.25) is 9.59 Å². The van der Waals surface area contributed by atoms with Gasteiger partial charge in [-0.05, 0) is 36.4 Å². The van der Waals surface area contributed by atoms with E-state index in [9.17, 15) is 9.59 Å². The number of benzene rings is 2. The van der Waals surface area contributed by atoms with Crippen LogP contribution >= 0.6 is 11.6 Å². The predicted octanol–water partition coefficient (Wildman–Crippen LogP) is 2.87. The quantitative estimate of drug-likeness (QED) is 0.607. The molecule has 0 saturated heterocycles. The molecule has 3 rings (SSSR count). The lowest BCUT2D eigenvalue weighted by Crippen LogP contribution is -2.30. The van der Waals surface area contributed by atoms with E-state index in [-0.39, 0.29) is 19.0 Å². The highest BCUT2D eigenvalue weighted by molar-refractivity contribution is 6.30. The van der Waals surface area contributed by atoms with E-state index in [1.165, 1.54) is 0 Å². The molecule has 144 valence electrons. The van der Waals surface area contributed by atoms with Crippen LogP contribution in [0.4, 0.5) is 0 Å². The number of aromatic nitrogens is 2. The first-order valence-electron chi connectivity index (χ1n) is 8.21. The van der Waals surface area contributed by atoms with Gasteiger partial charge in [-0.2, -0.15) is 4.98 Å². The summed E-state index contributed by atoms with van der Waals surface area (Å²) in [5.41, 5.74) is 1.09. The van der Waals surface area contributed by atoms with Crippen molar-refractivity contribution < 1.29 is 23.6 Å². The van der Waals surface area contributed by atoms with Crippen LogP contribution in [0.3, 0.4) is 0 Å². The number of halogens is 1. The van der Waals surface area contributed by atoms with Crippen LogP contribution < -0.4 is 10.1 Å². The maximum atomic E-state index is 11.9. The molecule has 0 spiro atoms. The summed E-state index contributed by atoms with van der Waals surface area (Å²) in [6.07, 6.45) is 0. The third kappa shape index (κ3) is 5.08. The maximum absolute atomic E-state index is 11.9. The number of rotatable bonds is 7. The lowest BCUT2D eigenvalue weighted by molar-refractivity contribution is -0.144. The lowest BCUT2D eigenvalue weighted by atomic mass is 10.2. The van der Waals surface area contributed by atoms with Gasteiger partial charge in [0.15, 0.2) is 6.61 Å². The predicted molar refractivity (Wildman–Crippen MR) is 99.9 cm³/mol. The van der Waals surface area contributed by atoms with E-state index in [0.717, 1.165) is 0 Å². The average Bonchev–Trinajstić information content (AvgIpc) is 3.20. The van der Waals surface area contributed by atoms with Crippen molar-refractivity contribution in [2.24, 2.45) is 0 Å². The molecule has 8 nitrogen and oxygen atoms in total.